The Labute approximate surface area is 76.3 Å². The van der Waals surface area contributed by atoms with Crippen molar-refractivity contribution in [2.45, 2.75) is 13.8 Å². The minimum Gasteiger partial charge on any atom is -0.256 e. The molecule has 2 aromatic rings. The van der Waals surface area contributed by atoms with Gasteiger partial charge in [0.05, 0.1) is 24.3 Å². The predicted octanol–water partition coefficient (Wildman–Crippen LogP) is 1.28. The summed E-state index contributed by atoms with van der Waals surface area (Å²) in [5.74, 6) is 0.749. The van der Waals surface area contributed by atoms with Crippen LogP contribution in [0.15, 0.2) is 24.8 Å². The van der Waals surface area contributed by atoms with Crippen molar-refractivity contribution in [3.63, 3.8) is 0 Å². The van der Waals surface area contributed by atoms with Gasteiger partial charge in [-0.1, -0.05) is 0 Å². The lowest BCUT2D eigenvalue weighted by atomic mass is 10.4. The van der Waals surface area contributed by atoms with Crippen LogP contribution in [0.4, 0.5) is 0 Å². The highest BCUT2D eigenvalue weighted by atomic mass is 15.3. The van der Waals surface area contributed by atoms with Crippen molar-refractivity contribution in [2.75, 3.05) is 0 Å². The highest BCUT2D eigenvalue weighted by Crippen LogP contribution is 2.02. The Morgan fingerprint density at radius 2 is 1.92 bits per heavy atom. The van der Waals surface area contributed by atoms with Crippen LogP contribution in [0.1, 0.15) is 11.3 Å². The molecule has 4 nitrogen and oxygen atoms in total. The molecule has 0 spiro atoms. The fourth-order valence-electron chi connectivity index (χ4n) is 1.04. The molecule has 2 aromatic heterocycles. The minimum atomic E-state index is 0.749. The van der Waals surface area contributed by atoms with Gasteiger partial charge in [-0.15, -0.1) is 0 Å². The summed E-state index contributed by atoms with van der Waals surface area (Å²) >= 11 is 0. The van der Waals surface area contributed by atoms with E-state index in [0.29, 0.717) is 0 Å². The Hall–Kier alpha value is -1.71. The fraction of sp³-hybridized carbons (Fsp3) is 0.222. The molecule has 0 saturated heterocycles. The van der Waals surface area contributed by atoms with Crippen LogP contribution in [-0.4, -0.2) is 19.7 Å². The Morgan fingerprint density at radius 3 is 2.46 bits per heavy atom. The third-order valence-electron chi connectivity index (χ3n) is 1.71. The third-order valence-corrected chi connectivity index (χ3v) is 1.71. The van der Waals surface area contributed by atoms with Gasteiger partial charge in [-0.2, -0.15) is 5.10 Å². The molecule has 0 atom stereocenters. The van der Waals surface area contributed by atoms with Gasteiger partial charge in [-0.3, -0.25) is 4.98 Å². The number of aryl methyl sites for hydroxylation is 2. The van der Waals surface area contributed by atoms with E-state index in [1.54, 1.807) is 23.3 Å². The Kier molecular flexibility index (Phi) is 1.81. The van der Waals surface area contributed by atoms with E-state index in [2.05, 4.69) is 15.1 Å². The Bertz CT molecular complexity index is 402. The molecule has 0 saturated carbocycles. The summed E-state index contributed by atoms with van der Waals surface area (Å²) in [5, 5.41) is 4.13. The number of rotatable bonds is 1. The second kappa shape index (κ2) is 2.97. The van der Waals surface area contributed by atoms with E-state index in [1.165, 1.54) is 0 Å². The van der Waals surface area contributed by atoms with Gasteiger partial charge in [0.1, 0.15) is 0 Å². The Morgan fingerprint density at radius 1 is 1.08 bits per heavy atom. The number of nitrogens with zero attached hydrogens (tertiary/aromatic N) is 4. The van der Waals surface area contributed by atoms with Crippen molar-refractivity contribution in [1.29, 1.82) is 0 Å². The summed E-state index contributed by atoms with van der Waals surface area (Å²) in [6.07, 6.45) is 7.15. The normalized spacial score (nSPS) is 10.3. The summed E-state index contributed by atoms with van der Waals surface area (Å²) in [6.45, 7) is 3.90. The monoisotopic (exact) mass is 174 g/mol. The van der Waals surface area contributed by atoms with Crippen LogP contribution in [0.5, 0.6) is 0 Å². The molecule has 4 heteroatoms. The van der Waals surface area contributed by atoms with Crippen molar-refractivity contribution in [3.05, 3.63) is 36.0 Å². The molecule has 2 rings (SSSR count). The van der Waals surface area contributed by atoms with Crippen LogP contribution in [-0.2, 0) is 0 Å². The molecule has 0 bridgehead atoms. The first-order chi connectivity index (χ1) is 6.25. The SMILES string of the molecule is Cc1cnn(-c2cnc(C)cn2)c1. The number of aromatic nitrogens is 4. The van der Waals surface area contributed by atoms with Gasteiger partial charge in [0, 0.05) is 6.20 Å². The van der Waals surface area contributed by atoms with E-state index in [0.717, 1.165) is 17.1 Å². The van der Waals surface area contributed by atoms with Gasteiger partial charge in [-0.05, 0) is 19.4 Å². The Balaban J connectivity index is 2.41. The largest absolute Gasteiger partial charge is 0.256 e. The summed E-state index contributed by atoms with van der Waals surface area (Å²) in [5.41, 5.74) is 2.02. The maximum Gasteiger partial charge on any atom is 0.171 e. The quantitative estimate of drug-likeness (QED) is 0.654. The molecule has 0 unspecified atom stereocenters. The van der Waals surface area contributed by atoms with Crippen molar-refractivity contribution >= 4 is 0 Å². The lowest BCUT2D eigenvalue weighted by molar-refractivity contribution is 0.833. The maximum atomic E-state index is 4.20. The van der Waals surface area contributed by atoms with Crippen LogP contribution in [0.2, 0.25) is 0 Å². The van der Waals surface area contributed by atoms with Gasteiger partial charge >= 0.3 is 0 Å². The summed E-state index contributed by atoms with van der Waals surface area (Å²) < 4.78 is 1.71. The molecule has 0 radical (unpaired) electrons. The van der Waals surface area contributed by atoms with E-state index < -0.39 is 0 Å². The molecule has 2 heterocycles. The molecule has 0 aliphatic carbocycles. The van der Waals surface area contributed by atoms with E-state index >= 15 is 0 Å². The first-order valence-corrected chi connectivity index (χ1v) is 4.06. The average Bonchev–Trinajstić information content (AvgIpc) is 2.53. The molecular weight excluding hydrogens is 164 g/mol. The highest BCUT2D eigenvalue weighted by Gasteiger charge is 1.98. The van der Waals surface area contributed by atoms with Crippen LogP contribution in [0.25, 0.3) is 5.82 Å². The van der Waals surface area contributed by atoms with Crippen molar-refractivity contribution in [2.24, 2.45) is 0 Å². The van der Waals surface area contributed by atoms with Crippen LogP contribution >= 0.6 is 0 Å². The lowest BCUT2D eigenvalue weighted by Crippen LogP contribution is -1.98. The van der Waals surface area contributed by atoms with Crippen molar-refractivity contribution in [1.82, 2.24) is 19.7 Å². The predicted molar refractivity (Wildman–Crippen MR) is 48.6 cm³/mol. The zero-order chi connectivity index (χ0) is 9.26. The van der Waals surface area contributed by atoms with Crippen LogP contribution < -0.4 is 0 Å². The molecule has 0 fully saturated rings. The highest BCUT2D eigenvalue weighted by molar-refractivity contribution is 5.19. The first-order valence-electron chi connectivity index (χ1n) is 4.06. The number of hydrogen-bond acceptors (Lipinski definition) is 3. The van der Waals surface area contributed by atoms with Gasteiger partial charge < -0.3 is 0 Å². The standard InChI is InChI=1S/C9H10N4/c1-7-3-12-13(6-7)9-5-10-8(2)4-11-9/h3-6H,1-2H3. The maximum absolute atomic E-state index is 4.20. The van der Waals surface area contributed by atoms with Gasteiger partial charge in [-0.25, -0.2) is 9.67 Å². The molecule has 0 aromatic carbocycles. The second-order valence-corrected chi connectivity index (χ2v) is 2.98. The molecule has 0 aliphatic heterocycles. The van der Waals surface area contributed by atoms with Crippen molar-refractivity contribution in [3.8, 4) is 5.82 Å². The molecule has 0 aliphatic rings. The van der Waals surface area contributed by atoms with Crippen LogP contribution in [0, 0.1) is 13.8 Å². The van der Waals surface area contributed by atoms with E-state index in [-0.39, 0.29) is 0 Å². The molecule has 66 valence electrons. The van der Waals surface area contributed by atoms with Crippen LogP contribution in [0.3, 0.4) is 0 Å². The van der Waals surface area contributed by atoms with Gasteiger partial charge in [0.25, 0.3) is 0 Å². The second-order valence-electron chi connectivity index (χ2n) is 2.98. The third kappa shape index (κ3) is 1.56. The zero-order valence-corrected chi connectivity index (χ0v) is 7.60. The molecule has 0 amide bonds. The summed E-state index contributed by atoms with van der Waals surface area (Å²) in [7, 11) is 0. The summed E-state index contributed by atoms with van der Waals surface area (Å²) in [4.78, 5) is 8.34. The smallest absolute Gasteiger partial charge is 0.171 e. The fourth-order valence-corrected chi connectivity index (χ4v) is 1.04. The summed E-state index contributed by atoms with van der Waals surface area (Å²) in [6, 6.07) is 0. The van der Waals surface area contributed by atoms with E-state index in [9.17, 15) is 0 Å². The zero-order valence-electron chi connectivity index (χ0n) is 7.60. The van der Waals surface area contributed by atoms with Gasteiger partial charge in [0.15, 0.2) is 5.82 Å². The van der Waals surface area contributed by atoms with E-state index in [1.807, 2.05) is 20.0 Å². The first kappa shape index (κ1) is 7.91. The average molecular weight is 174 g/mol. The van der Waals surface area contributed by atoms with Gasteiger partial charge in [0.2, 0.25) is 0 Å². The lowest BCUT2D eigenvalue weighted by Gasteiger charge is -1.98. The topological polar surface area (TPSA) is 43.6 Å². The number of hydrogen-bond donors (Lipinski definition) is 0. The molecule has 0 N–H and O–H groups in total. The van der Waals surface area contributed by atoms with Crippen molar-refractivity contribution < 1.29 is 0 Å². The minimum absolute atomic E-state index is 0.749. The molecule has 13 heavy (non-hydrogen) atoms. The van der Waals surface area contributed by atoms with E-state index in [4.69, 9.17) is 0 Å². The molecular formula is C9H10N4.